The van der Waals surface area contributed by atoms with Crippen molar-refractivity contribution in [3.8, 4) is 0 Å². The Hall–Kier alpha value is -0.590. The molecule has 2 aliphatic carbocycles. The largest absolute Gasteiger partial charge is 0.298 e. The van der Waals surface area contributed by atoms with Gasteiger partial charge in [0.1, 0.15) is 6.29 Å². The lowest BCUT2D eigenvalue weighted by Crippen LogP contribution is -2.33. The van der Waals surface area contributed by atoms with Crippen LogP contribution >= 0.6 is 0 Å². The van der Waals surface area contributed by atoms with Gasteiger partial charge in [0.25, 0.3) is 0 Å². The molecule has 2 rings (SSSR count). The van der Waals surface area contributed by atoms with E-state index in [-0.39, 0.29) is 0 Å². The van der Waals surface area contributed by atoms with Gasteiger partial charge in [-0.15, -0.1) is 0 Å². The van der Waals surface area contributed by atoms with Gasteiger partial charge in [-0.05, 0) is 67.8 Å². The van der Waals surface area contributed by atoms with Crippen molar-refractivity contribution in [2.45, 2.75) is 59.3 Å². The highest BCUT2D eigenvalue weighted by Crippen LogP contribution is 2.62. The molecule has 96 valence electrons. The predicted octanol–water partition coefficient (Wildman–Crippen LogP) is 4.37. The lowest BCUT2D eigenvalue weighted by molar-refractivity contribution is -0.104. The first-order chi connectivity index (χ1) is 8.11. The third-order valence-electron chi connectivity index (χ3n) is 5.60. The molecule has 1 unspecified atom stereocenters. The van der Waals surface area contributed by atoms with Crippen molar-refractivity contribution in [3.05, 3.63) is 11.6 Å². The van der Waals surface area contributed by atoms with E-state index in [0.717, 1.165) is 36.0 Å². The first-order valence-corrected chi connectivity index (χ1v) is 7.23. The van der Waals surface area contributed by atoms with Crippen molar-refractivity contribution >= 4 is 6.29 Å². The van der Waals surface area contributed by atoms with Gasteiger partial charge in [-0.3, -0.25) is 4.79 Å². The molecule has 1 heteroatoms. The summed E-state index contributed by atoms with van der Waals surface area (Å²) in [6.45, 7) is 6.78. The van der Waals surface area contributed by atoms with Crippen LogP contribution in [0, 0.1) is 23.2 Å². The Kier molecular flexibility index (Phi) is 3.75. The number of allylic oxidation sites excluding steroid dienone is 2. The quantitative estimate of drug-likeness (QED) is 0.510. The van der Waals surface area contributed by atoms with Gasteiger partial charge in [-0.25, -0.2) is 0 Å². The zero-order valence-electron chi connectivity index (χ0n) is 11.5. The highest BCUT2D eigenvalue weighted by molar-refractivity contribution is 5.71. The predicted molar refractivity (Wildman–Crippen MR) is 71.8 cm³/mol. The maximum Gasteiger partial charge on any atom is 0.145 e. The molecule has 0 amide bonds. The Labute approximate surface area is 106 Å². The zero-order valence-corrected chi connectivity index (χ0v) is 11.5. The van der Waals surface area contributed by atoms with Crippen LogP contribution in [-0.4, -0.2) is 6.29 Å². The maximum atomic E-state index is 10.6. The fourth-order valence-electron chi connectivity index (χ4n) is 4.67. The van der Waals surface area contributed by atoms with Crippen LogP contribution < -0.4 is 0 Å². The Morgan fingerprint density at radius 3 is 2.82 bits per heavy atom. The van der Waals surface area contributed by atoms with E-state index in [9.17, 15) is 4.79 Å². The van der Waals surface area contributed by atoms with E-state index < -0.39 is 0 Å². The average molecular weight is 234 g/mol. The molecule has 4 atom stereocenters. The Bertz CT molecular complexity index is 317. The minimum atomic E-state index is 0.553. The topological polar surface area (TPSA) is 17.1 Å². The molecule has 0 spiro atoms. The highest BCUT2D eigenvalue weighted by atomic mass is 16.1. The molecule has 0 saturated heterocycles. The lowest BCUT2D eigenvalue weighted by atomic mass is 9.64. The van der Waals surface area contributed by atoms with Gasteiger partial charge in [0.05, 0.1) is 0 Å². The van der Waals surface area contributed by atoms with Gasteiger partial charge in [-0.1, -0.05) is 26.3 Å². The smallest absolute Gasteiger partial charge is 0.145 e. The molecule has 0 aromatic rings. The van der Waals surface area contributed by atoms with Crippen LogP contribution in [0.15, 0.2) is 11.6 Å². The highest BCUT2D eigenvalue weighted by Gasteiger charge is 2.53. The number of rotatable bonds is 5. The molecular weight excluding hydrogens is 208 g/mol. The number of hydrogen-bond donors (Lipinski definition) is 0. The molecule has 2 saturated carbocycles. The van der Waals surface area contributed by atoms with E-state index in [2.05, 4.69) is 19.9 Å². The normalized spacial score (nSPS) is 40.9. The van der Waals surface area contributed by atoms with Crippen molar-refractivity contribution in [2.75, 3.05) is 0 Å². The summed E-state index contributed by atoms with van der Waals surface area (Å²) in [4.78, 5) is 10.6. The van der Waals surface area contributed by atoms with Crippen LogP contribution in [0.2, 0.25) is 0 Å². The third-order valence-corrected chi connectivity index (χ3v) is 5.60. The van der Waals surface area contributed by atoms with Crippen LogP contribution in [0.25, 0.3) is 0 Å². The van der Waals surface area contributed by atoms with Gasteiger partial charge in [-0.2, -0.15) is 0 Å². The van der Waals surface area contributed by atoms with E-state index in [1.165, 1.54) is 32.1 Å². The molecule has 17 heavy (non-hydrogen) atoms. The van der Waals surface area contributed by atoms with Gasteiger partial charge in [0.15, 0.2) is 0 Å². The number of aldehydes is 1. The fraction of sp³-hybridized carbons (Fsp3) is 0.812. The molecule has 0 heterocycles. The first kappa shape index (κ1) is 12.9. The summed E-state index contributed by atoms with van der Waals surface area (Å²) in [5, 5.41) is 0. The molecule has 1 nitrogen and oxygen atoms in total. The van der Waals surface area contributed by atoms with Gasteiger partial charge in [0, 0.05) is 0 Å². The van der Waals surface area contributed by atoms with Crippen LogP contribution in [0.1, 0.15) is 59.3 Å². The van der Waals surface area contributed by atoms with Gasteiger partial charge < -0.3 is 0 Å². The second-order valence-electron chi connectivity index (χ2n) is 6.40. The summed E-state index contributed by atoms with van der Waals surface area (Å²) >= 11 is 0. The van der Waals surface area contributed by atoms with Crippen molar-refractivity contribution in [2.24, 2.45) is 23.2 Å². The van der Waals surface area contributed by atoms with Crippen molar-refractivity contribution in [1.82, 2.24) is 0 Å². The monoisotopic (exact) mass is 234 g/mol. The van der Waals surface area contributed by atoms with Crippen LogP contribution in [0.4, 0.5) is 0 Å². The molecule has 2 bridgehead atoms. The first-order valence-electron chi connectivity index (χ1n) is 7.23. The van der Waals surface area contributed by atoms with Crippen molar-refractivity contribution in [3.63, 3.8) is 0 Å². The second kappa shape index (κ2) is 4.96. The van der Waals surface area contributed by atoms with Crippen LogP contribution in [-0.2, 0) is 4.79 Å². The molecule has 0 aromatic carbocycles. The molecular formula is C16H26O. The summed E-state index contributed by atoms with van der Waals surface area (Å²) in [6.07, 6.45) is 11.2. The molecule has 0 radical (unpaired) electrons. The Morgan fingerprint density at radius 1 is 1.41 bits per heavy atom. The summed E-state index contributed by atoms with van der Waals surface area (Å²) in [7, 11) is 0. The standard InChI is InChI=1S/C16H26O/c1-4-15-13-7-8-14(10-13)16(15,3)9-5-6-12(2)11-17/h6,11,13-15H,4-5,7-10H2,1-3H3/b12-6+/t13-,14?,15-,16-/m1/s1. The fourth-order valence-corrected chi connectivity index (χ4v) is 4.67. The van der Waals surface area contributed by atoms with Gasteiger partial charge >= 0.3 is 0 Å². The van der Waals surface area contributed by atoms with Crippen LogP contribution in [0.3, 0.4) is 0 Å². The number of carbonyl (C=O) groups excluding carboxylic acids is 1. The minimum Gasteiger partial charge on any atom is -0.298 e. The zero-order chi connectivity index (χ0) is 12.5. The Balaban J connectivity index is 2.00. The van der Waals surface area contributed by atoms with E-state index in [1.54, 1.807) is 0 Å². The minimum absolute atomic E-state index is 0.553. The van der Waals surface area contributed by atoms with Crippen molar-refractivity contribution < 1.29 is 4.79 Å². The van der Waals surface area contributed by atoms with E-state index >= 15 is 0 Å². The van der Waals surface area contributed by atoms with Crippen molar-refractivity contribution in [1.29, 1.82) is 0 Å². The summed E-state index contributed by atoms with van der Waals surface area (Å²) in [5.41, 5.74) is 1.45. The molecule has 0 aromatic heterocycles. The summed E-state index contributed by atoms with van der Waals surface area (Å²) in [5.74, 6) is 2.90. The van der Waals surface area contributed by atoms with E-state index in [0.29, 0.717) is 5.41 Å². The number of carbonyl (C=O) groups is 1. The van der Waals surface area contributed by atoms with Gasteiger partial charge in [0.2, 0.25) is 0 Å². The molecule has 2 fully saturated rings. The van der Waals surface area contributed by atoms with E-state index in [1.807, 2.05) is 6.92 Å². The molecule has 0 aliphatic heterocycles. The number of hydrogen-bond acceptors (Lipinski definition) is 1. The lowest BCUT2D eigenvalue weighted by Gasteiger charge is -2.41. The SMILES string of the molecule is CC[C@@H]1[C@@H]2CCC(C2)[C@@]1(C)CC/C=C(\C)C=O. The summed E-state index contributed by atoms with van der Waals surface area (Å²) in [6, 6.07) is 0. The maximum absolute atomic E-state index is 10.6. The van der Waals surface area contributed by atoms with E-state index in [4.69, 9.17) is 0 Å². The second-order valence-corrected chi connectivity index (χ2v) is 6.40. The molecule has 2 aliphatic rings. The average Bonchev–Trinajstić information content (AvgIpc) is 2.88. The van der Waals surface area contributed by atoms with Crippen LogP contribution in [0.5, 0.6) is 0 Å². The summed E-state index contributed by atoms with van der Waals surface area (Å²) < 4.78 is 0. The number of fused-ring (bicyclic) bond motifs is 2. The Morgan fingerprint density at radius 2 is 2.18 bits per heavy atom. The third kappa shape index (κ3) is 2.21. The molecule has 0 N–H and O–H groups in total.